The Hall–Kier alpha value is -2.47. The molecule has 2 atom stereocenters. The normalized spacial score (nSPS) is 23.4. The molecule has 0 N–H and O–H groups in total. The van der Waals surface area contributed by atoms with E-state index in [1.165, 1.54) is 24.3 Å². The molecule has 0 aliphatic carbocycles. The highest BCUT2D eigenvalue weighted by Gasteiger charge is 2.39. The molecule has 0 saturated carbocycles. The molecule has 0 aromatic heterocycles. The van der Waals surface area contributed by atoms with Crippen molar-refractivity contribution in [1.29, 1.82) is 0 Å². The summed E-state index contributed by atoms with van der Waals surface area (Å²) in [7, 11) is 1.87. The zero-order valence-electron chi connectivity index (χ0n) is 13.7. The molecule has 25 heavy (non-hydrogen) atoms. The van der Waals surface area contributed by atoms with E-state index in [1.807, 2.05) is 36.2 Å². The first kappa shape index (κ1) is 16.0. The van der Waals surface area contributed by atoms with Crippen LogP contribution in [-0.4, -0.2) is 30.8 Å². The predicted octanol–water partition coefficient (Wildman–Crippen LogP) is 3.18. The standard InChI is InChI=1S/C19H17NO4S/c1-20-12-6-2-3-9-15(12)25-19(20)16(17(21)13-7-4-10-23-13)18(22)14-8-5-11-24-14/h2-6,9-11,13-14H,7-8H2,1H3. The summed E-state index contributed by atoms with van der Waals surface area (Å²) in [6, 6.07) is 7.84. The van der Waals surface area contributed by atoms with Crippen molar-refractivity contribution in [3.05, 3.63) is 59.5 Å². The molecule has 0 amide bonds. The molecule has 6 heteroatoms. The summed E-state index contributed by atoms with van der Waals surface area (Å²) in [4.78, 5) is 29.1. The summed E-state index contributed by atoms with van der Waals surface area (Å²) in [6.45, 7) is 0. The molecule has 0 spiro atoms. The monoisotopic (exact) mass is 355 g/mol. The Bertz CT molecular complexity index is 774. The van der Waals surface area contributed by atoms with E-state index >= 15 is 0 Å². The molecule has 1 aromatic carbocycles. The first-order chi connectivity index (χ1) is 12.2. The minimum absolute atomic E-state index is 0.172. The quantitative estimate of drug-likeness (QED) is 0.470. The highest BCUT2D eigenvalue weighted by Crippen LogP contribution is 2.46. The molecule has 128 valence electrons. The zero-order chi connectivity index (χ0) is 17.4. The minimum atomic E-state index is -0.640. The summed E-state index contributed by atoms with van der Waals surface area (Å²) in [5.41, 5.74) is 1.16. The van der Waals surface area contributed by atoms with Crippen molar-refractivity contribution in [2.45, 2.75) is 29.9 Å². The lowest BCUT2D eigenvalue weighted by molar-refractivity contribution is -0.129. The van der Waals surface area contributed by atoms with E-state index in [-0.39, 0.29) is 17.1 Å². The van der Waals surface area contributed by atoms with E-state index in [0.29, 0.717) is 17.9 Å². The van der Waals surface area contributed by atoms with Gasteiger partial charge in [0.15, 0.2) is 12.2 Å². The van der Waals surface area contributed by atoms with Gasteiger partial charge in [-0.2, -0.15) is 0 Å². The summed E-state index contributed by atoms with van der Waals surface area (Å²) < 4.78 is 10.8. The van der Waals surface area contributed by atoms with Crippen LogP contribution >= 0.6 is 11.8 Å². The lowest BCUT2D eigenvalue weighted by Crippen LogP contribution is -2.34. The number of rotatable bonds is 4. The topological polar surface area (TPSA) is 55.8 Å². The third-order valence-electron chi connectivity index (χ3n) is 4.41. The Morgan fingerprint density at radius 2 is 1.64 bits per heavy atom. The Morgan fingerprint density at radius 1 is 1.04 bits per heavy atom. The van der Waals surface area contributed by atoms with Crippen LogP contribution in [0.2, 0.25) is 0 Å². The van der Waals surface area contributed by atoms with Crippen LogP contribution in [0.15, 0.2) is 64.4 Å². The van der Waals surface area contributed by atoms with E-state index in [0.717, 1.165) is 10.6 Å². The number of thioether (sulfide) groups is 1. The molecule has 4 rings (SSSR count). The molecule has 2 unspecified atom stereocenters. The number of Topliss-reactive ketones (excluding diaryl/α,β-unsaturated/α-hetero) is 2. The average molecular weight is 355 g/mol. The number of fused-ring (bicyclic) bond motifs is 1. The Balaban J connectivity index is 1.75. The van der Waals surface area contributed by atoms with Crippen molar-refractivity contribution < 1.29 is 19.1 Å². The molecule has 3 heterocycles. The van der Waals surface area contributed by atoms with Crippen LogP contribution in [0, 0.1) is 0 Å². The summed E-state index contributed by atoms with van der Waals surface area (Å²) >= 11 is 1.44. The van der Waals surface area contributed by atoms with Crippen molar-refractivity contribution in [2.24, 2.45) is 0 Å². The number of ether oxygens (including phenoxy) is 2. The smallest absolute Gasteiger partial charge is 0.209 e. The molecular formula is C19H17NO4S. The maximum absolute atomic E-state index is 13.1. The van der Waals surface area contributed by atoms with E-state index in [4.69, 9.17) is 9.47 Å². The minimum Gasteiger partial charge on any atom is -0.490 e. The number of carbonyl (C=O) groups excluding carboxylic acids is 2. The first-order valence-corrected chi connectivity index (χ1v) is 8.92. The van der Waals surface area contributed by atoms with E-state index in [1.54, 1.807) is 12.2 Å². The third-order valence-corrected chi connectivity index (χ3v) is 5.64. The van der Waals surface area contributed by atoms with Crippen molar-refractivity contribution in [3.63, 3.8) is 0 Å². The van der Waals surface area contributed by atoms with E-state index in [9.17, 15) is 9.59 Å². The Labute approximate surface area is 150 Å². The molecule has 0 saturated heterocycles. The Kier molecular flexibility index (Phi) is 4.13. The van der Waals surface area contributed by atoms with Gasteiger partial charge in [-0.25, -0.2) is 0 Å². The summed E-state index contributed by atoms with van der Waals surface area (Å²) in [5.74, 6) is -0.569. The van der Waals surface area contributed by atoms with Crippen molar-refractivity contribution >= 4 is 29.0 Å². The summed E-state index contributed by atoms with van der Waals surface area (Å²) in [6.07, 6.45) is 6.30. The largest absolute Gasteiger partial charge is 0.490 e. The van der Waals surface area contributed by atoms with Crippen molar-refractivity contribution in [3.8, 4) is 0 Å². The van der Waals surface area contributed by atoms with E-state index < -0.39 is 12.2 Å². The molecule has 0 bridgehead atoms. The number of anilines is 1. The van der Waals surface area contributed by atoms with Gasteiger partial charge in [-0.1, -0.05) is 23.9 Å². The third kappa shape index (κ3) is 2.76. The number of nitrogens with zero attached hydrogens (tertiary/aromatic N) is 1. The number of benzene rings is 1. The van der Waals surface area contributed by atoms with Gasteiger partial charge in [-0.05, 0) is 24.3 Å². The van der Waals surface area contributed by atoms with Gasteiger partial charge in [0.1, 0.15) is 0 Å². The molecule has 3 aliphatic heterocycles. The van der Waals surface area contributed by atoms with Crippen LogP contribution in [0.4, 0.5) is 5.69 Å². The van der Waals surface area contributed by atoms with Crippen LogP contribution in [0.3, 0.4) is 0 Å². The van der Waals surface area contributed by atoms with Crippen LogP contribution in [0.25, 0.3) is 0 Å². The van der Waals surface area contributed by atoms with E-state index in [2.05, 4.69) is 0 Å². The average Bonchev–Trinajstić information content (AvgIpc) is 3.37. The summed E-state index contributed by atoms with van der Waals surface area (Å²) in [5, 5.41) is 0.641. The second-order valence-corrected chi connectivity index (χ2v) is 7.03. The number of carbonyl (C=O) groups is 2. The number of hydrogen-bond donors (Lipinski definition) is 0. The van der Waals surface area contributed by atoms with Gasteiger partial charge in [0.25, 0.3) is 0 Å². The maximum atomic E-state index is 13.1. The fourth-order valence-corrected chi connectivity index (χ4v) is 4.29. The molecule has 3 aliphatic rings. The maximum Gasteiger partial charge on any atom is 0.209 e. The van der Waals surface area contributed by atoms with Gasteiger partial charge in [0.05, 0.1) is 28.8 Å². The van der Waals surface area contributed by atoms with Gasteiger partial charge < -0.3 is 14.4 Å². The fraction of sp³-hybridized carbons (Fsp3) is 0.263. The number of para-hydroxylation sites is 1. The van der Waals surface area contributed by atoms with Crippen LogP contribution < -0.4 is 4.90 Å². The SMILES string of the molecule is CN1C(=C(C(=O)C2CC=CO2)C(=O)C2CC=CO2)Sc2ccccc21. The number of hydrogen-bond acceptors (Lipinski definition) is 6. The second kappa shape index (κ2) is 6.44. The van der Waals surface area contributed by atoms with Crippen molar-refractivity contribution in [1.82, 2.24) is 0 Å². The highest BCUT2D eigenvalue weighted by molar-refractivity contribution is 8.03. The Morgan fingerprint density at radius 3 is 2.16 bits per heavy atom. The molecule has 1 aromatic rings. The lowest BCUT2D eigenvalue weighted by Gasteiger charge is -2.20. The highest BCUT2D eigenvalue weighted by atomic mass is 32.2. The van der Waals surface area contributed by atoms with Gasteiger partial charge in [-0.15, -0.1) is 0 Å². The van der Waals surface area contributed by atoms with Gasteiger partial charge in [-0.3, -0.25) is 9.59 Å². The van der Waals surface area contributed by atoms with Gasteiger partial charge in [0, 0.05) is 24.8 Å². The van der Waals surface area contributed by atoms with Gasteiger partial charge in [0.2, 0.25) is 11.6 Å². The van der Waals surface area contributed by atoms with Crippen molar-refractivity contribution in [2.75, 3.05) is 11.9 Å². The molecule has 0 radical (unpaired) electrons. The van der Waals surface area contributed by atoms with Crippen LogP contribution in [0.1, 0.15) is 12.8 Å². The second-order valence-electron chi connectivity index (χ2n) is 6.00. The lowest BCUT2D eigenvalue weighted by atomic mass is 9.97. The molecular weight excluding hydrogens is 338 g/mol. The number of ketones is 2. The van der Waals surface area contributed by atoms with Crippen LogP contribution in [-0.2, 0) is 19.1 Å². The zero-order valence-corrected chi connectivity index (χ0v) is 14.5. The first-order valence-electron chi connectivity index (χ1n) is 8.11. The predicted molar refractivity (Wildman–Crippen MR) is 95.0 cm³/mol. The molecule has 5 nitrogen and oxygen atoms in total. The van der Waals surface area contributed by atoms with Gasteiger partial charge >= 0.3 is 0 Å². The molecule has 0 fully saturated rings. The fourth-order valence-electron chi connectivity index (χ4n) is 3.08. The van der Waals surface area contributed by atoms with Crippen LogP contribution in [0.5, 0.6) is 0 Å².